The zero-order valence-corrected chi connectivity index (χ0v) is 5.62. The first kappa shape index (κ1) is 11.6. The molecular formula is C3H8FO4P. The van der Waals surface area contributed by atoms with Gasteiger partial charge in [-0.1, -0.05) is 6.08 Å². The van der Waals surface area contributed by atoms with Gasteiger partial charge in [-0.05, 0) is 6.92 Å². The third-order valence-corrected chi connectivity index (χ3v) is 0.126. The highest BCUT2D eigenvalue weighted by Gasteiger charge is 2.00. The number of rotatable bonds is 0. The molecule has 0 aromatic carbocycles. The minimum absolute atomic E-state index is 0.500. The van der Waals surface area contributed by atoms with Crippen molar-refractivity contribution in [3.63, 3.8) is 0 Å². The maximum atomic E-state index is 10.5. The summed E-state index contributed by atoms with van der Waals surface area (Å²) in [5.74, 6) is 0. The second-order valence-electron chi connectivity index (χ2n) is 0.973. The van der Waals surface area contributed by atoms with Crippen molar-refractivity contribution in [3.05, 3.63) is 12.4 Å². The molecule has 0 aromatic heterocycles. The van der Waals surface area contributed by atoms with Gasteiger partial charge in [0.25, 0.3) is 0 Å². The van der Waals surface area contributed by atoms with E-state index in [1.807, 2.05) is 0 Å². The molecule has 0 spiro atoms. The lowest BCUT2D eigenvalue weighted by molar-refractivity contribution is 0.275. The van der Waals surface area contributed by atoms with Crippen LogP contribution in [-0.4, -0.2) is 14.7 Å². The SMILES string of the molecule is CC=CF.O=P(O)(O)O. The Kier molecular flexibility index (Phi) is 7.59. The van der Waals surface area contributed by atoms with Crippen LogP contribution in [0.5, 0.6) is 0 Å². The molecule has 0 heterocycles. The van der Waals surface area contributed by atoms with Crippen molar-refractivity contribution in [2.45, 2.75) is 6.92 Å². The molecule has 0 saturated carbocycles. The maximum absolute atomic E-state index is 10.5. The smallest absolute Gasteiger partial charge is 0.303 e. The molecule has 0 radical (unpaired) electrons. The van der Waals surface area contributed by atoms with Crippen molar-refractivity contribution in [1.82, 2.24) is 0 Å². The van der Waals surface area contributed by atoms with E-state index in [9.17, 15) is 4.39 Å². The molecule has 0 aliphatic heterocycles. The third-order valence-electron chi connectivity index (χ3n) is 0.126. The Morgan fingerprint density at radius 2 is 1.56 bits per heavy atom. The fraction of sp³-hybridized carbons (Fsp3) is 0.333. The third kappa shape index (κ3) is 427. The van der Waals surface area contributed by atoms with Crippen LogP contribution in [0, 0.1) is 0 Å². The molecule has 0 saturated heterocycles. The second kappa shape index (κ2) is 5.91. The van der Waals surface area contributed by atoms with Gasteiger partial charge in [-0.3, -0.25) is 0 Å². The van der Waals surface area contributed by atoms with Gasteiger partial charge in [0, 0.05) is 0 Å². The van der Waals surface area contributed by atoms with Crippen molar-refractivity contribution in [2.24, 2.45) is 0 Å². The summed E-state index contributed by atoms with van der Waals surface area (Å²) in [6.07, 6.45) is 1.83. The summed E-state index contributed by atoms with van der Waals surface area (Å²) in [6, 6.07) is 0. The number of allylic oxidation sites excluding steroid dienone is 1. The van der Waals surface area contributed by atoms with Crippen LogP contribution in [0.4, 0.5) is 4.39 Å². The molecule has 0 aliphatic rings. The summed E-state index contributed by atoms with van der Waals surface area (Å²) in [6.45, 7) is 1.62. The number of phosphoric acid groups is 1. The lowest BCUT2D eigenvalue weighted by Crippen LogP contribution is -1.66. The van der Waals surface area contributed by atoms with Crippen LogP contribution in [0.1, 0.15) is 6.92 Å². The van der Waals surface area contributed by atoms with Gasteiger partial charge in [-0.2, -0.15) is 0 Å². The van der Waals surface area contributed by atoms with Gasteiger partial charge < -0.3 is 14.7 Å². The Morgan fingerprint density at radius 1 is 1.44 bits per heavy atom. The number of hydrogen-bond donors (Lipinski definition) is 3. The molecular weight excluding hydrogens is 150 g/mol. The highest BCUT2D eigenvalue weighted by atomic mass is 31.2. The van der Waals surface area contributed by atoms with Gasteiger partial charge in [0.1, 0.15) is 0 Å². The Balaban J connectivity index is 0. The van der Waals surface area contributed by atoms with Crippen molar-refractivity contribution >= 4 is 7.82 Å². The molecule has 0 aromatic rings. The van der Waals surface area contributed by atoms with Gasteiger partial charge in [0.05, 0.1) is 6.33 Å². The lowest BCUT2D eigenvalue weighted by Gasteiger charge is -1.82. The van der Waals surface area contributed by atoms with Crippen molar-refractivity contribution in [2.75, 3.05) is 0 Å². The molecule has 0 rings (SSSR count). The van der Waals surface area contributed by atoms with E-state index in [0.29, 0.717) is 6.33 Å². The first-order valence-corrected chi connectivity index (χ1v) is 3.48. The molecule has 3 N–H and O–H groups in total. The van der Waals surface area contributed by atoms with E-state index < -0.39 is 7.82 Å². The topological polar surface area (TPSA) is 77.8 Å². The largest absolute Gasteiger partial charge is 0.466 e. The normalized spacial score (nSPS) is 10.8. The van der Waals surface area contributed by atoms with Crippen molar-refractivity contribution in [3.8, 4) is 0 Å². The zero-order chi connectivity index (χ0) is 7.91. The van der Waals surface area contributed by atoms with E-state index in [0.717, 1.165) is 0 Å². The van der Waals surface area contributed by atoms with Crippen LogP contribution in [0.15, 0.2) is 12.4 Å². The highest BCUT2D eigenvalue weighted by Crippen LogP contribution is 2.25. The Labute approximate surface area is 51.9 Å². The average molecular weight is 158 g/mol. The van der Waals surface area contributed by atoms with Gasteiger partial charge >= 0.3 is 7.82 Å². The van der Waals surface area contributed by atoms with Crippen LogP contribution in [0.2, 0.25) is 0 Å². The summed E-state index contributed by atoms with van der Waals surface area (Å²) in [5, 5.41) is 0. The van der Waals surface area contributed by atoms with E-state index in [1.165, 1.54) is 6.08 Å². The molecule has 0 bridgehead atoms. The predicted molar refractivity (Wildman–Crippen MR) is 30.2 cm³/mol. The van der Waals surface area contributed by atoms with Crippen LogP contribution in [0.25, 0.3) is 0 Å². The summed E-state index contributed by atoms with van der Waals surface area (Å²) < 4.78 is 19.4. The fourth-order valence-corrected chi connectivity index (χ4v) is 0. The molecule has 0 unspecified atom stereocenters. The molecule has 56 valence electrons. The van der Waals surface area contributed by atoms with Crippen molar-refractivity contribution in [1.29, 1.82) is 0 Å². The maximum Gasteiger partial charge on any atom is 0.466 e. The first-order valence-electron chi connectivity index (χ1n) is 1.91. The Bertz CT molecular complexity index is 105. The Hall–Kier alpha value is -0.220. The van der Waals surface area contributed by atoms with Gasteiger partial charge in [0.2, 0.25) is 0 Å². The van der Waals surface area contributed by atoms with E-state index in [1.54, 1.807) is 6.92 Å². The van der Waals surface area contributed by atoms with E-state index in [2.05, 4.69) is 0 Å². The Morgan fingerprint density at radius 3 is 1.56 bits per heavy atom. The van der Waals surface area contributed by atoms with Crippen LogP contribution in [-0.2, 0) is 4.57 Å². The summed E-state index contributed by atoms with van der Waals surface area (Å²) in [5.41, 5.74) is 0. The number of hydrogen-bond acceptors (Lipinski definition) is 1. The lowest BCUT2D eigenvalue weighted by atomic mass is 10.8. The van der Waals surface area contributed by atoms with E-state index in [4.69, 9.17) is 19.2 Å². The molecule has 0 amide bonds. The quantitative estimate of drug-likeness (QED) is 0.450. The molecule has 0 atom stereocenters. The minimum atomic E-state index is -4.64. The summed E-state index contributed by atoms with van der Waals surface area (Å²) >= 11 is 0. The van der Waals surface area contributed by atoms with Crippen molar-refractivity contribution < 1.29 is 23.6 Å². The number of halogens is 1. The van der Waals surface area contributed by atoms with Crippen LogP contribution in [0.3, 0.4) is 0 Å². The summed E-state index contributed by atoms with van der Waals surface area (Å²) in [4.78, 5) is 21.6. The summed E-state index contributed by atoms with van der Waals surface area (Å²) in [7, 11) is -4.64. The monoisotopic (exact) mass is 158 g/mol. The second-order valence-corrected chi connectivity index (χ2v) is 2.00. The van der Waals surface area contributed by atoms with E-state index in [-0.39, 0.29) is 0 Å². The first-order chi connectivity index (χ1) is 3.91. The molecule has 0 fully saturated rings. The fourth-order valence-electron chi connectivity index (χ4n) is 0. The molecule has 6 heteroatoms. The average Bonchev–Trinajstić information content (AvgIpc) is 1.61. The minimum Gasteiger partial charge on any atom is -0.303 e. The van der Waals surface area contributed by atoms with E-state index >= 15 is 0 Å². The zero-order valence-electron chi connectivity index (χ0n) is 4.73. The van der Waals surface area contributed by atoms with Crippen LogP contribution < -0.4 is 0 Å². The molecule has 9 heavy (non-hydrogen) atoms. The highest BCUT2D eigenvalue weighted by molar-refractivity contribution is 7.45. The van der Waals surface area contributed by atoms with Gasteiger partial charge in [-0.25, -0.2) is 8.96 Å². The standard InChI is InChI=1S/C3H5F.H3O4P/c1-2-3-4;1-5(2,3)4/h2-3H,1H3;(H3,1,2,3,4). The van der Waals surface area contributed by atoms with Crippen LogP contribution >= 0.6 is 7.82 Å². The molecule has 0 aliphatic carbocycles. The molecule has 4 nitrogen and oxygen atoms in total. The predicted octanol–water partition coefficient (Wildman–Crippen LogP) is 0.561. The van der Waals surface area contributed by atoms with Gasteiger partial charge in [-0.15, -0.1) is 0 Å². The van der Waals surface area contributed by atoms with Gasteiger partial charge in [0.15, 0.2) is 0 Å².